The molecule has 0 amide bonds. The van der Waals surface area contributed by atoms with E-state index >= 15 is 0 Å². The summed E-state index contributed by atoms with van der Waals surface area (Å²) in [5.74, 6) is 2.08. The van der Waals surface area contributed by atoms with Crippen LogP contribution in [0.2, 0.25) is 0 Å². The number of carbonyl (C=O) groups is 1. The predicted molar refractivity (Wildman–Crippen MR) is 81.8 cm³/mol. The molecule has 3 heteroatoms. The van der Waals surface area contributed by atoms with E-state index in [0.717, 1.165) is 12.8 Å². The first-order valence-corrected chi connectivity index (χ1v) is 8.61. The number of carbonyl (C=O) groups excluding carboxylic acids is 1. The van der Waals surface area contributed by atoms with Gasteiger partial charge in [-0.3, -0.25) is 4.79 Å². The van der Waals surface area contributed by atoms with Crippen LogP contribution in [-0.2, 0) is 9.53 Å². The van der Waals surface area contributed by atoms with Crippen LogP contribution in [0.5, 0.6) is 0 Å². The third-order valence-corrected chi connectivity index (χ3v) is 6.47. The summed E-state index contributed by atoms with van der Waals surface area (Å²) < 4.78 is 6.25. The van der Waals surface area contributed by atoms with E-state index in [0.29, 0.717) is 30.1 Å². The number of hydrogen-bond acceptors (Lipinski definition) is 3. The molecular formula is C18H30O3. The molecule has 3 nitrogen and oxygen atoms in total. The van der Waals surface area contributed by atoms with Crippen molar-refractivity contribution in [3.8, 4) is 0 Å². The molecule has 2 aliphatic carbocycles. The van der Waals surface area contributed by atoms with Crippen LogP contribution >= 0.6 is 0 Å². The zero-order valence-corrected chi connectivity index (χ0v) is 14.1. The minimum Gasteiger partial charge on any atom is -0.389 e. The fraction of sp³-hybridized carbons (Fsp3) is 0.944. The smallest absolute Gasteiger partial charge is 0.167 e. The Morgan fingerprint density at radius 2 is 2.00 bits per heavy atom. The lowest BCUT2D eigenvalue weighted by molar-refractivity contribution is -0.249. The molecule has 1 aliphatic heterocycles. The largest absolute Gasteiger partial charge is 0.389 e. The molecule has 0 aromatic carbocycles. The summed E-state index contributed by atoms with van der Waals surface area (Å²) in [6, 6.07) is 0. The number of Topliss-reactive ketones (excluding diaryl/α,β-unsaturated/α-hetero) is 1. The molecule has 0 spiro atoms. The molecule has 2 saturated carbocycles. The van der Waals surface area contributed by atoms with Gasteiger partial charge in [0.1, 0.15) is 5.60 Å². The van der Waals surface area contributed by atoms with Crippen LogP contribution in [0.15, 0.2) is 0 Å². The topological polar surface area (TPSA) is 46.5 Å². The molecule has 7 unspecified atom stereocenters. The van der Waals surface area contributed by atoms with Gasteiger partial charge in [0.05, 0.1) is 11.7 Å². The van der Waals surface area contributed by atoms with Crippen molar-refractivity contribution in [1.29, 1.82) is 0 Å². The maximum Gasteiger partial charge on any atom is 0.167 e. The first-order chi connectivity index (χ1) is 9.68. The zero-order valence-electron chi connectivity index (χ0n) is 14.1. The SMILES string of the molecule is CC(C)CC1CC(=O)C(C)(C2C3CCC(C)C3C2(C)O)O1. The van der Waals surface area contributed by atoms with Crippen molar-refractivity contribution >= 4 is 5.78 Å². The van der Waals surface area contributed by atoms with Crippen LogP contribution in [0, 0.1) is 29.6 Å². The average molecular weight is 294 g/mol. The summed E-state index contributed by atoms with van der Waals surface area (Å²) in [6.07, 6.45) is 3.79. The summed E-state index contributed by atoms with van der Waals surface area (Å²) in [5.41, 5.74) is -1.52. The highest BCUT2D eigenvalue weighted by Gasteiger charge is 2.70. The van der Waals surface area contributed by atoms with Gasteiger partial charge in [-0.05, 0) is 50.4 Å². The fourth-order valence-electron chi connectivity index (χ4n) is 5.88. The van der Waals surface area contributed by atoms with Gasteiger partial charge in [-0.1, -0.05) is 27.2 Å². The molecule has 0 aromatic rings. The highest BCUT2D eigenvalue weighted by molar-refractivity contribution is 5.90. The van der Waals surface area contributed by atoms with Gasteiger partial charge in [-0.15, -0.1) is 0 Å². The van der Waals surface area contributed by atoms with E-state index in [1.54, 1.807) is 0 Å². The number of aliphatic hydroxyl groups is 1. The molecule has 120 valence electrons. The Labute approximate surface area is 128 Å². The summed E-state index contributed by atoms with van der Waals surface area (Å²) in [6.45, 7) is 10.4. The minimum atomic E-state index is -0.770. The molecule has 3 rings (SSSR count). The number of ketones is 1. The Hall–Kier alpha value is -0.410. The van der Waals surface area contributed by atoms with Gasteiger partial charge in [0, 0.05) is 12.3 Å². The Morgan fingerprint density at radius 3 is 2.62 bits per heavy atom. The Bertz CT molecular complexity index is 442. The van der Waals surface area contributed by atoms with E-state index in [9.17, 15) is 9.90 Å². The van der Waals surface area contributed by atoms with Crippen molar-refractivity contribution < 1.29 is 14.6 Å². The first-order valence-electron chi connectivity index (χ1n) is 8.61. The molecule has 0 bridgehead atoms. The second kappa shape index (κ2) is 4.79. The summed E-state index contributed by atoms with van der Waals surface area (Å²) in [4.78, 5) is 12.6. The lowest BCUT2D eigenvalue weighted by Crippen LogP contribution is -2.69. The molecule has 3 fully saturated rings. The number of ether oxygens (including phenoxy) is 1. The second-order valence-corrected chi connectivity index (χ2v) is 8.55. The van der Waals surface area contributed by atoms with Crippen LogP contribution in [0.25, 0.3) is 0 Å². The molecule has 0 aromatic heterocycles. The molecule has 0 radical (unpaired) electrons. The second-order valence-electron chi connectivity index (χ2n) is 8.55. The molecule has 1 saturated heterocycles. The Kier molecular flexibility index (Phi) is 3.53. The fourth-order valence-corrected chi connectivity index (χ4v) is 5.88. The van der Waals surface area contributed by atoms with Gasteiger partial charge in [0.25, 0.3) is 0 Å². The maximum absolute atomic E-state index is 12.6. The van der Waals surface area contributed by atoms with Crippen LogP contribution in [0.4, 0.5) is 0 Å². The molecule has 7 atom stereocenters. The highest BCUT2D eigenvalue weighted by atomic mass is 16.5. The van der Waals surface area contributed by atoms with E-state index in [1.165, 1.54) is 6.42 Å². The lowest BCUT2D eigenvalue weighted by Gasteiger charge is -2.60. The van der Waals surface area contributed by atoms with E-state index in [1.807, 2.05) is 13.8 Å². The van der Waals surface area contributed by atoms with Crippen molar-refractivity contribution in [3.05, 3.63) is 0 Å². The van der Waals surface area contributed by atoms with Crippen molar-refractivity contribution in [2.75, 3.05) is 0 Å². The maximum atomic E-state index is 12.6. The van der Waals surface area contributed by atoms with Crippen LogP contribution in [0.1, 0.15) is 60.3 Å². The highest BCUT2D eigenvalue weighted by Crippen LogP contribution is 2.64. The van der Waals surface area contributed by atoms with Gasteiger partial charge < -0.3 is 9.84 Å². The van der Waals surface area contributed by atoms with Crippen molar-refractivity contribution in [3.63, 3.8) is 0 Å². The molecule has 1 heterocycles. The number of hydrogen-bond donors (Lipinski definition) is 1. The van der Waals surface area contributed by atoms with Gasteiger partial charge in [0.15, 0.2) is 5.78 Å². The minimum absolute atomic E-state index is 0.0235. The van der Waals surface area contributed by atoms with E-state index < -0.39 is 11.2 Å². The van der Waals surface area contributed by atoms with E-state index in [2.05, 4.69) is 20.8 Å². The normalized spacial score (nSPS) is 53.1. The Morgan fingerprint density at radius 1 is 1.33 bits per heavy atom. The monoisotopic (exact) mass is 294 g/mol. The summed E-state index contributed by atoms with van der Waals surface area (Å²) in [5, 5.41) is 11.0. The summed E-state index contributed by atoms with van der Waals surface area (Å²) in [7, 11) is 0. The standard InChI is InChI=1S/C18H30O3/c1-10(2)8-12-9-14(19)18(5,21-12)16-13-7-6-11(3)15(13)17(16,4)20/h10-13,15-16,20H,6-9H2,1-5H3. The number of fused-ring (bicyclic) bond motifs is 1. The van der Waals surface area contributed by atoms with Crippen LogP contribution in [0.3, 0.4) is 0 Å². The predicted octanol–water partition coefficient (Wildman–Crippen LogP) is 3.19. The van der Waals surface area contributed by atoms with Crippen molar-refractivity contribution in [2.24, 2.45) is 29.6 Å². The van der Waals surface area contributed by atoms with Crippen molar-refractivity contribution in [1.82, 2.24) is 0 Å². The van der Waals surface area contributed by atoms with E-state index in [-0.39, 0.29) is 17.8 Å². The molecule has 21 heavy (non-hydrogen) atoms. The van der Waals surface area contributed by atoms with Crippen LogP contribution in [-0.4, -0.2) is 28.2 Å². The third kappa shape index (κ3) is 2.11. The van der Waals surface area contributed by atoms with E-state index in [4.69, 9.17) is 4.74 Å². The van der Waals surface area contributed by atoms with Gasteiger partial charge in [-0.25, -0.2) is 0 Å². The number of rotatable bonds is 3. The first kappa shape index (κ1) is 15.5. The van der Waals surface area contributed by atoms with Gasteiger partial charge >= 0.3 is 0 Å². The van der Waals surface area contributed by atoms with Gasteiger partial charge in [-0.2, -0.15) is 0 Å². The zero-order chi connectivity index (χ0) is 15.6. The lowest BCUT2D eigenvalue weighted by atomic mass is 9.49. The third-order valence-electron chi connectivity index (χ3n) is 6.47. The molecular weight excluding hydrogens is 264 g/mol. The summed E-state index contributed by atoms with van der Waals surface area (Å²) >= 11 is 0. The average Bonchev–Trinajstić information content (AvgIpc) is 2.78. The van der Waals surface area contributed by atoms with Gasteiger partial charge in [0.2, 0.25) is 0 Å². The quantitative estimate of drug-likeness (QED) is 0.869. The van der Waals surface area contributed by atoms with Crippen LogP contribution < -0.4 is 0 Å². The Balaban J connectivity index is 1.81. The molecule has 1 N–H and O–H groups in total. The van der Waals surface area contributed by atoms with Crippen molar-refractivity contribution in [2.45, 2.75) is 77.6 Å². The molecule has 3 aliphatic rings.